The molecule has 2 heterocycles. The van der Waals surface area contributed by atoms with Gasteiger partial charge in [-0.25, -0.2) is 4.98 Å². The molecule has 1 N–H and O–H groups in total. The number of aromatic nitrogens is 1. The SMILES string of the molecule is Clc1cccc(C(CNc2ccc(Br)cn2)N2CCOCC2)c1. The number of ether oxygens (including phenoxy) is 1. The van der Waals surface area contributed by atoms with Crippen molar-refractivity contribution in [3.8, 4) is 0 Å². The third kappa shape index (κ3) is 4.67. The van der Waals surface area contributed by atoms with Gasteiger partial charge in [0.25, 0.3) is 0 Å². The number of pyridine rings is 1. The lowest BCUT2D eigenvalue weighted by Crippen LogP contribution is -2.41. The van der Waals surface area contributed by atoms with E-state index in [9.17, 15) is 0 Å². The number of benzene rings is 1. The van der Waals surface area contributed by atoms with E-state index in [4.69, 9.17) is 16.3 Å². The first kappa shape index (κ1) is 16.7. The topological polar surface area (TPSA) is 37.4 Å². The molecule has 1 aliphatic heterocycles. The highest BCUT2D eigenvalue weighted by Gasteiger charge is 2.22. The van der Waals surface area contributed by atoms with Crippen LogP contribution in [0.2, 0.25) is 5.02 Å². The molecular weight excluding hydrogens is 378 g/mol. The third-order valence-corrected chi connectivity index (χ3v) is 4.63. The maximum Gasteiger partial charge on any atom is 0.126 e. The molecule has 122 valence electrons. The van der Waals surface area contributed by atoms with Crippen LogP contribution in [0.15, 0.2) is 47.1 Å². The van der Waals surface area contributed by atoms with Crippen molar-refractivity contribution in [2.45, 2.75) is 6.04 Å². The van der Waals surface area contributed by atoms with Crippen molar-refractivity contribution in [2.24, 2.45) is 0 Å². The summed E-state index contributed by atoms with van der Waals surface area (Å²) in [5.74, 6) is 0.869. The average molecular weight is 397 g/mol. The molecule has 1 unspecified atom stereocenters. The molecule has 23 heavy (non-hydrogen) atoms. The van der Waals surface area contributed by atoms with E-state index in [2.05, 4.69) is 37.2 Å². The summed E-state index contributed by atoms with van der Waals surface area (Å²) in [5, 5.41) is 4.20. The zero-order valence-electron chi connectivity index (χ0n) is 12.7. The molecule has 0 spiro atoms. The number of morpholine rings is 1. The van der Waals surface area contributed by atoms with E-state index in [0.717, 1.165) is 48.2 Å². The van der Waals surface area contributed by atoms with Gasteiger partial charge in [0.1, 0.15) is 5.82 Å². The van der Waals surface area contributed by atoms with Gasteiger partial charge in [0.05, 0.1) is 19.3 Å². The van der Waals surface area contributed by atoms with Gasteiger partial charge >= 0.3 is 0 Å². The number of nitrogens with one attached hydrogen (secondary N) is 1. The van der Waals surface area contributed by atoms with Gasteiger partial charge in [-0.05, 0) is 45.8 Å². The third-order valence-electron chi connectivity index (χ3n) is 3.92. The van der Waals surface area contributed by atoms with Crippen molar-refractivity contribution in [1.82, 2.24) is 9.88 Å². The van der Waals surface area contributed by atoms with Crippen LogP contribution in [-0.4, -0.2) is 42.7 Å². The Hall–Kier alpha value is -1.14. The van der Waals surface area contributed by atoms with Crippen molar-refractivity contribution < 1.29 is 4.74 Å². The van der Waals surface area contributed by atoms with Gasteiger partial charge in [-0.3, -0.25) is 4.90 Å². The monoisotopic (exact) mass is 395 g/mol. The van der Waals surface area contributed by atoms with Gasteiger partial charge in [-0.1, -0.05) is 23.7 Å². The standard InChI is InChI=1S/C17H19BrClN3O/c18-14-4-5-17(20-11-14)21-12-16(22-6-8-23-9-7-22)13-2-1-3-15(19)10-13/h1-5,10-11,16H,6-9,12H2,(H,20,21). The van der Waals surface area contributed by atoms with Gasteiger partial charge in [0.15, 0.2) is 0 Å². The molecule has 0 radical (unpaired) electrons. The summed E-state index contributed by atoms with van der Waals surface area (Å²) in [7, 11) is 0. The zero-order chi connectivity index (χ0) is 16.1. The minimum Gasteiger partial charge on any atom is -0.379 e. The molecule has 0 bridgehead atoms. The van der Waals surface area contributed by atoms with Gasteiger partial charge in [-0.2, -0.15) is 0 Å². The fourth-order valence-electron chi connectivity index (χ4n) is 2.74. The summed E-state index contributed by atoms with van der Waals surface area (Å²) in [6.45, 7) is 4.16. The Balaban J connectivity index is 1.75. The van der Waals surface area contributed by atoms with Crippen molar-refractivity contribution in [3.63, 3.8) is 0 Å². The van der Waals surface area contributed by atoms with Crippen molar-refractivity contribution >= 4 is 33.3 Å². The molecule has 2 aromatic rings. The minimum absolute atomic E-state index is 0.239. The summed E-state index contributed by atoms with van der Waals surface area (Å²) < 4.78 is 6.45. The summed E-state index contributed by atoms with van der Waals surface area (Å²) in [6, 6.07) is 12.3. The molecule has 0 aliphatic carbocycles. The molecule has 1 aromatic heterocycles. The number of hydrogen-bond acceptors (Lipinski definition) is 4. The van der Waals surface area contributed by atoms with E-state index in [1.165, 1.54) is 5.56 Å². The summed E-state index contributed by atoms with van der Waals surface area (Å²) in [4.78, 5) is 6.81. The minimum atomic E-state index is 0.239. The largest absolute Gasteiger partial charge is 0.379 e. The Bertz CT molecular complexity index is 632. The molecule has 1 aromatic carbocycles. The summed E-state index contributed by atoms with van der Waals surface area (Å²) in [5.41, 5.74) is 1.21. The molecule has 4 nitrogen and oxygen atoms in total. The van der Waals surface area contributed by atoms with E-state index in [-0.39, 0.29) is 6.04 Å². The molecule has 1 fully saturated rings. The zero-order valence-corrected chi connectivity index (χ0v) is 15.1. The van der Waals surface area contributed by atoms with Gasteiger partial charge < -0.3 is 10.1 Å². The highest BCUT2D eigenvalue weighted by atomic mass is 79.9. The van der Waals surface area contributed by atoms with Gasteiger partial charge in [-0.15, -0.1) is 0 Å². The highest BCUT2D eigenvalue weighted by molar-refractivity contribution is 9.10. The van der Waals surface area contributed by atoms with E-state index < -0.39 is 0 Å². The molecule has 0 saturated carbocycles. The normalized spacial score (nSPS) is 17.0. The lowest BCUT2D eigenvalue weighted by molar-refractivity contribution is 0.0187. The van der Waals surface area contributed by atoms with Crippen LogP contribution >= 0.6 is 27.5 Å². The number of rotatable bonds is 5. The van der Waals surface area contributed by atoms with Crippen LogP contribution in [0, 0.1) is 0 Å². The molecule has 0 amide bonds. The predicted octanol–water partition coefficient (Wildman–Crippen LogP) is 3.98. The highest BCUT2D eigenvalue weighted by Crippen LogP contribution is 2.25. The van der Waals surface area contributed by atoms with Crippen molar-refractivity contribution in [3.05, 3.63) is 57.7 Å². The van der Waals surface area contributed by atoms with E-state index in [1.54, 1.807) is 6.20 Å². The number of anilines is 1. The maximum absolute atomic E-state index is 6.18. The van der Waals surface area contributed by atoms with Crippen LogP contribution in [0.1, 0.15) is 11.6 Å². The first-order chi connectivity index (χ1) is 11.2. The van der Waals surface area contributed by atoms with Crippen LogP contribution in [0.4, 0.5) is 5.82 Å². The Labute approximate surface area is 149 Å². The van der Waals surface area contributed by atoms with E-state index >= 15 is 0 Å². The molecule has 1 saturated heterocycles. The Morgan fingerprint density at radius 3 is 2.78 bits per heavy atom. The second-order valence-corrected chi connectivity index (χ2v) is 6.81. The molecular formula is C17H19BrClN3O. The average Bonchev–Trinajstić information content (AvgIpc) is 2.58. The smallest absolute Gasteiger partial charge is 0.126 e. The first-order valence-electron chi connectivity index (χ1n) is 7.65. The van der Waals surface area contributed by atoms with Crippen LogP contribution in [0.25, 0.3) is 0 Å². The predicted molar refractivity (Wildman–Crippen MR) is 97.0 cm³/mol. The summed E-state index contributed by atoms with van der Waals surface area (Å²) in [6.07, 6.45) is 1.80. The van der Waals surface area contributed by atoms with Crippen molar-refractivity contribution in [2.75, 3.05) is 38.2 Å². The maximum atomic E-state index is 6.18. The summed E-state index contributed by atoms with van der Waals surface area (Å²) >= 11 is 9.59. The van der Waals surface area contributed by atoms with Crippen LogP contribution < -0.4 is 5.32 Å². The lowest BCUT2D eigenvalue weighted by atomic mass is 10.0. The van der Waals surface area contributed by atoms with E-state index in [0.29, 0.717) is 0 Å². The van der Waals surface area contributed by atoms with Gasteiger partial charge in [0, 0.05) is 35.3 Å². The number of halogens is 2. The molecule has 3 rings (SSSR count). The fraction of sp³-hybridized carbons (Fsp3) is 0.353. The lowest BCUT2D eigenvalue weighted by Gasteiger charge is -2.35. The molecule has 1 atom stereocenters. The quantitative estimate of drug-likeness (QED) is 0.829. The van der Waals surface area contributed by atoms with Crippen LogP contribution in [-0.2, 0) is 4.74 Å². The van der Waals surface area contributed by atoms with Crippen LogP contribution in [0.3, 0.4) is 0 Å². The molecule has 1 aliphatic rings. The second-order valence-electron chi connectivity index (χ2n) is 5.46. The van der Waals surface area contributed by atoms with Gasteiger partial charge in [0.2, 0.25) is 0 Å². The number of hydrogen-bond donors (Lipinski definition) is 1. The number of nitrogens with zero attached hydrogens (tertiary/aromatic N) is 2. The molecule has 6 heteroatoms. The van der Waals surface area contributed by atoms with Crippen molar-refractivity contribution in [1.29, 1.82) is 0 Å². The Morgan fingerprint density at radius 1 is 1.26 bits per heavy atom. The van der Waals surface area contributed by atoms with Crippen LogP contribution in [0.5, 0.6) is 0 Å². The van der Waals surface area contributed by atoms with E-state index in [1.807, 2.05) is 30.3 Å². The second kappa shape index (κ2) is 8.11. The Kier molecular flexibility index (Phi) is 5.89. The fourth-order valence-corrected chi connectivity index (χ4v) is 3.18. The first-order valence-corrected chi connectivity index (χ1v) is 8.82. The Morgan fingerprint density at radius 2 is 2.09 bits per heavy atom.